The van der Waals surface area contributed by atoms with Gasteiger partial charge in [-0.1, -0.05) is 15.9 Å². The van der Waals surface area contributed by atoms with Crippen molar-refractivity contribution in [3.63, 3.8) is 0 Å². The summed E-state index contributed by atoms with van der Waals surface area (Å²) in [7, 11) is 1.22. The van der Waals surface area contributed by atoms with Crippen LogP contribution in [0.25, 0.3) is 5.69 Å². The van der Waals surface area contributed by atoms with E-state index >= 15 is 0 Å². The second-order valence-corrected chi connectivity index (χ2v) is 5.41. The summed E-state index contributed by atoms with van der Waals surface area (Å²) in [5.74, 6) is -0.866. The largest absolute Gasteiger partial charge is 0.464 e. The van der Waals surface area contributed by atoms with E-state index in [0.717, 1.165) is 4.47 Å². The summed E-state index contributed by atoms with van der Waals surface area (Å²) in [6.45, 7) is 1.42. The van der Waals surface area contributed by atoms with E-state index in [1.807, 2.05) is 6.07 Å². The molecular formula is C15H12BrN3O3. The third-order valence-electron chi connectivity index (χ3n) is 3.14. The number of benzene rings is 1. The quantitative estimate of drug-likeness (QED) is 0.669. The Kier molecular flexibility index (Phi) is 4.33. The zero-order valence-corrected chi connectivity index (χ0v) is 13.5. The van der Waals surface area contributed by atoms with Crippen LogP contribution < -0.4 is 5.73 Å². The second kappa shape index (κ2) is 6.03. The van der Waals surface area contributed by atoms with Crippen molar-refractivity contribution in [1.29, 1.82) is 5.26 Å². The first-order valence-electron chi connectivity index (χ1n) is 6.20. The Hall–Kier alpha value is -2.59. The van der Waals surface area contributed by atoms with Crippen LogP contribution in [0.3, 0.4) is 0 Å². The highest BCUT2D eigenvalue weighted by Gasteiger charge is 2.23. The van der Waals surface area contributed by atoms with Gasteiger partial charge in [-0.15, -0.1) is 0 Å². The number of ether oxygens (including phenoxy) is 1. The molecule has 7 heteroatoms. The van der Waals surface area contributed by atoms with Gasteiger partial charge in [0.25, 0.3) is 0 Å². The summed E-state index contributed by atoms with van der Waals surface area (Å²) < 4.78 is 6.85. The SMILES string of the molecule is COC(=O)c1c(N)c(C#N)cn1-c1ccc(Br)cc1C(C)=O. The number of hydrogen-bond donors (Lipinski definition) is 1. The molecule has 0 saturated carbocycles. The summed E-state index contributed by atoms with van der Waals surface area (Å²) in [6.07, 6.45) is 1.41. The minimum Gasteiger partial charge on any atom is -0.464 e. The number of nitrogen functional groups attached to an aromatic ring is 1. The number of hydrogen-bond acceptors (Lipinski definition) is 5. The Morgan fingerprint density at radius 2 is 2.09 bits per heavy atom. The lowest BCUT2D eigenvalue weighted by atomic mass is 10.1. The van der Waals surface area contributed by atoms with E-state index in [1.165, 1.54) is 24.8 Å². The van der Waals surface area contributed by atoms with Gasteiger partial charge in [-0.3, -0.25) is 4.79 Å². The number of anilines is 1. The van der Waals surface area contributed by atoms with Crippen molar-refractivity contribution in [3.8, 4) is 11.8 Å². The molecule has 2 aromatic rings. The molecule has 0 unspecified atom stereocenters. The molecule has 0 fully saturated rings. The number of nitrogens with two attached hydrogens (primary N) is 1. The topological polar surface area (TPSA) is 98.1 Å². The molecule has 0 spiro atoms. The van der Waals surface area contributed by atoms with Gasteiger partial charge < -0.3 is 15.0 Å². The molecule has 22 heavy (non-hydrogen) atoms. The third-order valence-corrected chi connectivity index (χ3v) is 3.63. The monoisotopic (exact) mass is 361 g/mol. The van der Waals surface area contributed by atoms with Crippen molar-refractivity contribution < 1.29 is 14.3 Å². The van der Waals surface area contributed by atoms with Crippen molar-refractivity contribution >= 4 is 33.4 Å². The molecule has 0 aliphatic carbocycles. The molecule has 0 aliphatic rings. The van der Waals surface area contributed by atoms with Crippen LogP contribution in [-0.4, -0.2) is 23.4 Å². The number of methoxy groups -OCH3 is 1. The average molecular weight is 362 g/mol. The van der Waals surface area contributed by atoms with Crippen LogP contribution in [0.1, 0.15) is 33.3 Å². The first-order chi connectivity index (χ1) is 10.4. The van der Waals surface area contributed by atoms with E-state index in [2.05, 4.69) is 15.9 Å². The molecule has 0 aliphatic heterocycles. The maximum absolute atomic E-state index is 12.0. The summed E-state index contributed by atoms with van der Waals surface area (Å²) in [5, 5.41) is 9.11. The number of carbonyl (C=O) groups is 2. The van der Waals surface area contributed by atoms with Gasteiger partial charge in [0, 0.05) is 16.2 Å². The van der Waals surface area contributed by atoms with Gasteiger partial charge in [0.15, 0.2) is 11.5 Å². The molecule has 2 rings (SSSR count). The fraction of sp³-hybridized carbons (Fsp3) is 0.133. The Balaban J connectivity index is 2.81. The maximum Gasteiger partial charge on any atom is 0.357 e. The number of Topliss-reactive ketones (excluding diaryl/α,β-unsaturated/α-hetero) is 1. The molecule has 6 nitrogen and oxygen atoms in total. The van der Waals surface area contributed by atoms with Crippen molar-refractivity contribution in [2.75, 3.05) is 12.8 Å². The van der Waals surface area contributed by atoms with Crippen LogP contribution in [0.5, 0.6) is 0 Å². The predicted octanol–water partition coefficient (Wildman–Crippen LogP) is 2.68. The molecule has 1 aromatic heterocycles. The molecule has 0 radical (unpaired) electrons. The van der Waals surface area contributed by atoms with Crippen LogP contribution in [0.2, 0.25) is 0 Å². The molecule has 0 bridgehead atoms. The molecule has 1 heterocycles. The number of ketones is 1. The summed E-state index contributed by atoms with van der Waals surface area (Å²) in [5.41, 5.74) is 6.86. The molecule has 112 valence electrons. The van der Waals surface area contributed by atoms with E-state index in [0.29, 0.717) is 11.3 Å². The number of nitrogens with zero attached hydrogens (tertiary/aromatic N) is 2. The molecule has 0 saturated heterocycles. The Bertz CT molecular complexity index is 818. The second-order valence-electron chi connectivity index (χ2n) is 4.50. The van der Waals surface area contributed by atoms with E-state index in [1.54, 1.807) is 18.2 Å². The lowest BCUT2D eigenvalue weighted by molar-refractivity contribution is 0.0592. The first-order valence-corrected chi connectivity index (χ1v) is 7.00. The molecule has 0 atom stereocenters. The molecular weight excluding hydrogens is 350 g/mol. The first kappa shape index (κ1) is 15.8. The van der Waals surface area contributed by atoms with Crippen molar-refractivity contribution in [2.45, 2.75) is 6.92 Å². The van der Waals surface area contributed by atoms with Crippen molar-refractivity contribution in [2.24, 2.45) is 0 Å². The minimum absolute atomic E-state index is 0.0175. The van der Waals surface area contributed by atoms with Crippen LogP contribution in [0, 0.1) is 11.3 Å². The van der Waals surface area contributed by atoms with E-state index in [4.69, 9.17) is 15.7 Å². The van der Waals surface area contributed by atoms with Crippen LogP contribution in [0.15, 0.2) is 28.9 Å². The van der Waals surface area contributed by atoms with Gasteiger partial charge in [0.2, 0.25) is 0 Å². The van der Waals surface area contributed by atoms with Crippen LogP contribution >= 0.6 is 15.9 Å². The van der Waals surface area contributed by atoms with E-state index < -0.39 is 5.97 Å². The van der Waals surface area contributed by atoms with Gasteiger partial charge >= 0.3 is 5.97 Å². The van der Waals surface area contributed by atoms with Gasteiger partial charge in [-0.2, -0.15) is 5.26 Å². The van der Waals surface area contributed by atoms with Crippen LogP contribution in [0.4, 0.5) is 5.69 Å². The summed E-state index contributed by atoms with van der Waals surface area (Å²) in [4.78, 5) is 23.8. The predicted molar refractivity (Wildman–Crippen MR) is 83.9 cm³/mol. The maximum atomic E-state index is 12.0. The standard InChI is InChI=1S/C15H12BrN3O3/c1-8(20)11-5-10(16)3-4-12(11)19-7-9(6-17)13(18)14(19)15(21)22-2/h3-5,7H,18H2,1-2H3. The van der Waals surface area contributed by atoms with Crippen molar-refractivity contribution in [1.82, 2.24) is 4.57 Å². The lowest BCUT2D eigenvalue weighted by Gasteiger charge is -2.12. The number of rotatable bonds is 3. The fourth-order valence-electron chi connectivity index (χ4n) is 2.10. The summed E-state index contributed by atoms with van der Waals surface area (Å²) in [6, 6.07) is 6.94. The van der Waals surface area contributed by atoms with Gasteiger partial charge in [-0.25, -0.2) is 4.79 Å². The summed E-state index contributed by atoms with van der Waals surface area (Å²) >= 11 is 3.30. The zero-order chi connectivity index (χ0) is 16.4. The number of aromatic nitrogens is 1. The number of halogens is 1. The average Bonchev–Trinajstić information content (AvgIpc) is 2.83. The Morgan fingerprint density at radius 3 is 2.64 bits per heavy atom. The third kappa shape index (κ3) is 2.61. The number of nitriles is 1. The minimum atomic E-state index is -0.684. The molecule has 1 aromatic carbocycles. The fourth-order valence-corrected chi connectivity index (χ4v) is 2.47. The number of carbonyl (C=O) groups excluding carboxylic acids is 2. The van der Waals surface area contributed by atoms with Gasteiger partial charge in [-0.05, 0) is 25.1 Å². The van der Waals surface area contributed by atoms with Gasteiger partial charge in [0.05, 0.1) is 24.0 Å². The Morgan fingerprint density at radius 1 is 1.41 bits per heavy atom. The van der Waals surface area contributed by atoms with Crippen molar-refractivity contribution in [3.05, 3.63) is 45.7 Å². The molecule has 2 N–H and O–H groups in total. The highest BCUT2D eigenvalue weighted by molar-refractivity contribution is 9.10. The highest BCUT2D eigenvalue weighted by Crippen LogP contribution is 2.28. The lowest BCUT2D eigenvalue weighted by Crippen LogP contribution is -2.13. The molecule has 0 amide bonds. The zero-order valence-electron chi connectivity index (χ0n) is 11.9. The van der Waals surface area contributed by atoms with E-state index in [-0.39, 0.29) is 22.7 Å². The number of esters is 1. The van der Waals surface area contributed by atoms with Crippen LogP contribution in [-0.2, 0) is 4.74 Å². The smallest absolute Gasteiger partial charge is 0.357 e. The highest BCUT2D eigenvalue weighted by atomic mass is 79.9. The normalized spacial score (nSPS) is 10.1. The van der Waals surface area contributed by atoms with Gasteiger partial charge in [0.1, 0.15) is 6.07 Å². The Labute approximate surface area is 135 Å². The van der Waals surface area contributed by atoms with E-state index in [9.17, 15) is 9.59 Å².